The minimum Gasteiger partial charge on any atom is -0.497 e. The number of amides is 1. The molecule has 0 saturated heterocycles. The molecule has 2 aromatic carbocycles. The predicted molar refractivity (Wildman–Crippen MR) is 113 cm³/mol. The average Bonchev–Trinajstić information content (AvgIpc) is 3.08. The van der Waals surface area contributed by atoms with E-state index in [0.29, 0.717) is 33.2 Å². The number of rotatable bonds is 6. The Hall–Kier alpha value is -3.39. The molecule has 3 aromatic rings. The number of esters is 1. The first-order valence-electron chi connectivity index (χ1n) is 8.90. The topological polar surface area (TPSA) is 73.9 Å². The molecule has 0 aliphatic heterocycles. The number of methoxy groups -OCH3 is 3. The highest BCUT2D eigenvalue weighted by molar-refractivity contribution is 7.17. The summed E-state index contributed by atoms with van der Waals surface area (Å²) >= 11 is 1.24. The van der Waals surface area contributed by atoms with Gasteiger partial charge in [-0.15, -0.1) is 11.3 Å². The van der Waals surface area contributed by atoms with Crippen molar-refractivity contribution < 1.29 is 28.2 Å². The van der Waals surface area contributed by atoms with Crippen LogP contribution in [0.3, 0.4) is 0 Å². The number of carbonyl (C=O) groups is 2. The molecule has 0 fully saturated rings. The summed E-state index contributed by atoms with van der Waals surface area (Å²) in [4.78, 5) is 26.2. The lowest BCUT2D eigenvalue weighted by Gasteiger charge is -2.10. The first-order valence-corrected chi connectivity index (χ1v) is 9.71. The molecule has 0 saturated carbocycles. The van der Waals surface area contributed by atoms with Gasteiger partial charge in [0.1, 0.15) is 27.9 Å². The third-order valence-corrected chi connectivity index (χ3v) is 5.47. The number of carbonyl (C=O) groups excluding carboxylic acids is 2. The Morgan fingerprint density at radius 1 is 0.967 bits per heavy atom. The zero-order chi connectivity index (χ0) is 21.8. The van der Waals surface area contributed by atoms with Crippen molar-refractivity contribution in [2.24, 2.45) is 0 Å². The van der Waals surface area contributed by atoms with Crippen molar-refractivity contribution in [2.75, 3.05) is 26.6 Å². The quantitative estimate of drug-likeness (QED) is 0.563. The van der Waals surface area contributed by atoms with Crippen LogP contribution in [-0.4, -0.2) is 33.2 Å². The fourth-order valence-electron chi connectivity index (χ4n) is 3.01. The van der Waals surface area contributed by atoms with E-state index in [1.807, 2.05) is 6.92 Å². The molecular weight excluding hydrogens is 409 g/mol. The van der Waals surface area contributed by atoms with Gasteiger partial charge in [0.15, 0.2) is 0 Å². The minimum absolute atomic E-state index is 0.217. The van der Waals surface area contributed by atoms with Gasteiger partial charge in [-0.3, -0.25) is 4.79 Å². The van der Waals surface area contributed by atoms with E-state index < -0.39 is 11.9 Å². The van der Waals surface area contributed by atoms with Crippen LogP contribution in [0.4, 0.5) is 9.39 Å². The number of thiophene rings is 1. The van der Waals surface area contributed by atoms with Crippen molar-refractivity contribution in [2.45, 2.75) is 6.92 Å². The van der Waals surface area contributed by atoms with Crippen molar-refractivity contribution in [3.05, 3.63) is 64.3 Å². The highest BCUT2D eigenvalue weighted by Gasteiger charge is 2.25. The van der Waals surface area contributed by atoms with Crippen molar-refractivity contribution in [1.29, 1.82) is 0 Å². The summed E-state index contributed by atoms with van der Waals surface area (Å²) in [6, 6.07) is 10.6. The first-order chi connectivity index (χ1) is 14.4. The van der Waals surface area contributed by atoms with Gasteiger partial charge in [-0.25, -0.2) is 9.18 Å². The number of hydrogen-bond acceptors (Lipinski definition) is 6. The highest BCUT2D eigenvalue weighted by Crippen LogP contribution is 2.40. The molecule has 1 N–H and O–H groups in total. The summed E-state index contributed by atoms with van der Waals surface area (Å²) in [5.41, 5.74) is 1.76. The van der Waals surface area contributed by atoms with E-state index in [4.69, 9.17) is 14.2 Å². The lowest BCUT2D eigenvalue weighted by Crippen LogP contribution is -2.14. The number of anilines is 1. The standard InChI is InChI=1S/C22H20FNO5S/c1-12-18(13-5-7-15(23)8-6-13)19(22(26)29-4)21(30-12)24-20(25)14-9-16(27-2)11-17(10-14)28-3/h5-11H,1-4H3,(H,24,25). The van der Waals surface area contributed by atoms with E-state index in [1.54, 1.807) is 30.3 Å². The van der Waals surface area contributed by atoms with Crippen LogP contribution in [0.1, 0.15) is 25.6 Å². The molecule has 0 spiro atoms. The molecule has 0 atom stereocenters. The zero-order valence-corrected chi connectivity index (χ0v) is 17.7. The number of aryl methyl sites for hydroxylation is 1. The van der Waals surface area contributed by atoms with E-state index in [9.17, 15) is 14.0 Å². The molecule has 1 heterocycles. The number of halogens is 1. The van der Waals surface area contributed by atoms with Gasteiger partial charge in [0, 0.05) is 22.1 Å². The SMILES string of the molecule is COC(=O)c1c(NC(=O)c2cc(OC)cc(OC)c2)sc(C)c1-c1ccc(F)cc1. The predicted octanol–water partition coefficient (Wildman–Crippen LogP) is 4.92. The Morgan fingerprint density at radius 3 is 2.10 bits per heavy atom. The largest absolute Gasteiger partial charge is 0.497 e. The second-order valence-corrected chi connectivity index (χ2v) is 7.52. The molecule has 0 bridgehead atoms. The molecule has 1 amide bonds. The maximum atomic E-state index is 13.4. The maximum absolute atomic E-state index is 13.4. The van der Waals surface area contributed by atoms with E-state index >= 15 is 0 Å². The average molecular weight is 429 g/mol. The molecule has 156 valence electrons. The van der Waals surface area contributed by atoms with Gasteiger partial charge in [-0.05, 0) is 36.8 Å². The molecule has 8 heteroatoms. The summed E-state index contributed by atoms with van der Waals surface area (Å²) in [5.74, 6) is -0.502. The Morgan fingerprint density at radius 2 is 1.57 bits per heavy atom. The Kier molecular flexibility index (Phi) is 6.37. The van der Waals surface area contributed by atoms with Crippen LogP contribution < -0.4 is 14.8 Å². The summed E-state index contributed by atoms with van der Waals surface area (Å²) < 4.78 is 28.7. The van der Waals surface area contributed by atoms with Crippen LogP contribution in [0.25, 0.3) is 11.1 Å². The van der Waals surface area contributed by atoms with Crippen LogP contribution in [0, 0.1) is 12.7 Å². The fourth-order valence-corrected chi connectivity index (χ4v) is 4.07. The molecular formula is C22H20FNO5S. The lowest BCUT2D eigenvalue weighted by molar-refractivity contribution is 0.0603. The first kappa shape index (κ1) is 21.3. The van der Waals surface area contributed by atoms with E-state index in [0.717, 1.165) is 4.88 Å². The molecule has 0 unspecified atom stereocenters. The van der Waals surface area contributed by atoms with Crippen molar-refractivity contribution in [1.82, 2.24) is 0 Å². The Bertz CT molecular complexity index is 1070. The molecule has 0 aliphatic rings. The highest BCUT2D eigenvalue weighted by atomic mass is 32.1. The van der Waals surface area contributed by atoms with Crippen LogP contribution in [0.15, 0.2) is 42.5 Å². The van der Waals surface area contributed by atoms with Gasteiger partial charge in [0.05, 0.1) is 21.3 Å². The lowest BCUT2D eigenvalue weighted by atomic mass is 10.0. The summed E-state index contributed by atoms with van der Waals surface area (Å²) in [6.07, 6.45) is 0. The minimum atomic E-state index is -0.600. The summed E-state index contributed by atoms with van der Waals surface area (Å²) in [7, 11) is 4.25. The number of ether oxygens (including phenoxy) is 3. The van der Waals surface area contributed by atoms with Gasteiger partial charge >= 0.3 is 5.97 Å². The summed E-state index contributed by atoms with van der Waals surface area (Å²) in [6.45, 7) is 1.82. The molecule has 6 nitrogen and oxygen atoms in total. The molecule has 30 heavy (non-hydrogen) atoms. The monoisotopic (exact) mass is 429 g/mol. The summed E-state index contributed by atoms with van der Waals surface area (Å²) in [5, 5.41) is 3.12. The van der Waals surface area contributed by atoms with Crippen molar-refractivity contribution in [3.8, 4) is 22.6 Å². The van der Waals surface area contributed by atoms with Crippen LogP contribution >= 0.6 is 11.3 Å². The van der Waals surface area contributed by atoms with E-state index in [1.165, 1.54) is 44.8 Å². The number of hydrogen-bond donors (Lipinski definition) is 1. The van der Waals surface area contributed by atoms with E-state index in [-0.39, 0.29) is 11.4 Å². The molecule has 0 radical (unpaired) electrons. The molecule has 0 aliphatic carbocycles. The number of benzene rings is 2. The van der Waals surface area contributed by atoms with Gasteiger partial charge in [-0.2, -0.15) is 0 Å². The third kappa shape index (κ3) is 4.28. The maximum Gasteiger partial charge on any atom is 0.341 e. The Balaban J connectivity index is 2.04. The van der Waals surface area contributed by atoms with Crippen LogP contribution in [0.2, 0.25) is 0 Å². The van der Waals surface area contributed by atoms with Gasteiger partial charge in [0.25, 0.3) is 5.91 Å². The van der Waals surface area contributed by atoms with Crippen LogP contribution in [0.5, 0.6) is 11.5 Å². The second-order valence-electron chi connectivity index (χ2n) is 6.29. The van der Waals surface area contributed by atoms with Gasteiger partial charge in [0.2, 0.25) is 0 Å². The Labute approximate surface area is 177 Å². The number of nitrogens with one attached hydrogen (secondary N) is 1. The molecule has 3 rings (SSSR count). The van der Waals surface area contributed by atoms with Gasteiger partial charge < -0.3 is 19.5 Å². The van der Waals surface area contributed by atoms with E-state index in [2.05, 4.69) is 5.32 Å². The van der Waals surface area contributed by atoms with Gasteiger partial charge in [-0.1, -0.05) is 12.1 Å². The normalized spacial score (nSPS) is 10.4. The smallest absolute Gasteiger partial charge is 0.341 e. The van der Waals surface area contributed by atoms with Crippen LogP contribution in [-0.2, 0) is 4.74 Å². The molecule has 1 aromatic heterocycles. The zero-order valence-electron chi connectivity index (χ0n) is 16.9. The second kappa shape index (κ2) is 8.96. The van der Waals surface area contributed by atoms with Crippen molar-refractivity contribution >= 4 is 28.2 Å². The van der Waals surface area contributed by atoms with Crippen molar-refractivity contribution in [3.63, 3.8) is 0 Å². The fraction of sp³-hybridized carbons (Fsp3) is 0.182. The third-order valence-electron chi connectivity index (χ3n) is 4.45.